The molecule has 0 spiro atoms. The Morgan fingerprint density at radius 3 is 2.41 bits per heavy atom. The van der Waals surface area contributed by atoms with E-state index in [9.17, 15) is 0 Å². The Bertz CT molecular complexity index is 623. The van der Waals surface area contributed by atoms with E-state index in [1.54, 1.807) is 0 Å². The van der Waals surface area contributed by atoms with Gasteiger partial charge in [-0.2, -0.15) is 0 Å². The third-order valence-corrected chi connectivity index (χ3v) is 5.35. The minimum absolute atomic E-state index is 1.11. The maximum absolute atomic E-state index is 2.68. The largest absolute Gasteiger partial charge is 0.342 e. The van der Waals surface area contributed by atoms with Crippen LogP contribution in [0, 0.1) is 0 Å². The normalized spacial score (nSPS) is 20.9. The number of fused-ring (bicyclic) bond motifs is 3. The highest BCUT2D eigenvalue weighted by atomic mass is 15.2. The first-order valence-electron chi connectivity index (χ1n) is 8.92. The first kappa shape index (κ1) is 14.3. The summed E-state index contributed by atoms with van der Waals surface area (Å²) in [5.41, 5.74) is 2.90. The first-order chi connectivity index (χ1) is 10.9. The molecule has 3 heterocycles. The average Bonchev–Trinajstić information content (AvgIpc) is 2.72. The fourth-order valence-electron chi connectivity index (χ4n) is 4.05. The second-order valence-electron chi connectivity index (χ2n) is 6.88. The van der Waals surface area contributed by atoms with Gasteiger partial charge in [-0.1, -0.05) is 31.0 Å². The Kier molecular flexibility index (Phi) is 4.17. The van der Waals surface area contributed by atoms with Crippen LogP contribution in [0.1, 0.15) is 31.4 Å². The number of rotatable bonds is 3. The lowest BCUT2D eigenvalue weighted by molar-refractivity contribution is 0.180. The molecule has 4 rings (SSSR count). The van der Waals surface area contributed by atoms with E-state index in [1.165, 1.54) is 75.0 Å². The zero-order valence-corrected chi connectivity index (χ0v) is 13.5. The van der Waals surface area contributed by atoms with Crippen molar-refractivity contribution in [3.63, 3.8) is 0 Å². The van der Waals surface area contributed by atoms with Crippen molar-refractivity contribution in [1.82, 2.24) is 14.4 Å². The molecule has 3 nitrogen and oxygen atoms in total. The summed E-state index contributed by atoms with van der Waals surface area (Å²) >= 11 is 0. The molecular weight excluding hydrogens is 270 g/mol. The van der Waals surface area contributed by atoms with Gasteiger partial charge in [-0.15, -0.1) is 0 Å². The lowest BCUT2D eigenvalue weighted by Gasteiger charge is -2.31. The number of aromatic nitrogens is 1. The quantitative estimate of drug-likeness (QED) is 0.861. The number of para-hydroxylation sites is 1. The van der Waals surface area contributed by atoms with Crippen LogP contribution in [0.5, 0.6) is 0 Å². The highest BCUT2D eigenvalue weighted by Gasteiger charge is 2.19. The van der Waals surface area contributed by atoms with E-state index in [4.69, 9.17) is 0 Å². The van der Waals surface area contributed by atoms with Gasteiger partial charge in [-0.05, 0) is 43.5 Å². The molecule has 0 N–H and O–H groups in total. The van der Waals surface area contributed by atoms with Gasteiger partial charge >= 0.3 is 0 Å². The van der Waals surface area contributed by atoms with Gasteiger partial charge in [0.05, 0.1) is 0 Å². The molecule has 0 saturated carbocycles. The van der Waals surface area contributed by atoms with Gasteiger partial charge in [-0.25, -0.2) is 0 Å². The third-order valence-electron chi connectivity index (χ3n) is 5.35. The molecule has 0 bridgehead atoms. The molecule has 0 aliphatic carbocycles. The number of likely N-dealkylation sites (tertiary alicyclic amines) is 1. The van der Waals surface area contributed by atoms with Crippen LogP contribution in [-0.2, 0) is 13.1 Å². The second-order valence-corrected chi connectivity index (χ2v) is 6.88. The minimum atomic E-state index is 1.11. The molecule has 1 saturated heterocycles. The van der Waals surface area contributed by atoms with E-state index in [-0.39, 0.29) is 0 Å². The summed E-state index contributed by atoms with van der Waals surface area (Å²) in [7, 11) is 0. The monoisotopic (exact) mass is 297 g/mol. The third kappa shape index (κ3) is 2.92. The topological polar surface area (TPSA) is 11.4 Å². The molecule has 0 unspecified atom stereocenters. The minimum Gasteiger partial charge on any atom is -0.342 e. The molecule has 2 aromatic rings. The van der Waals surface area contributed by atoms with E-state index in [2.05, 4.69) is 44.7 Å². The summed E-state index contributed by atoms with van der Waals surface area (Å²) in [6, 6.07) is 11.2. The lowest BCUT2D eigenvalue weighted by Crippen LogP contribution is -2.39. The highest BCUT2D eigenvalue weighted by Crippen LogP contribution is 2.23. The van der Waals surface area contributed by atoms with Crippen LogP contribution < -0.4 is 0 Å². The Hall–Kier alpha value is -1.32. The summed E-state index contributed by atoms with van der Waals surface area (Å²) in [6.45, 7) is 8.55. The maximum Gasteiger partial charge on any atom is 0.0483 e. The van der Waals surface area contributed by atoms with Gasteiger partial charge in [0.2, 0.25) is 0 Å². The van der Waals surface area contributed by atoms with E-state index in [0.29, 0.717) is 0 Å². The summed E-state index contributed by atoms with van der Waals surface area (Å²) in [4.78, 5) is 5.32. The van der Waals surface area contributed by atoms with Gasteiger partial charge in [0.25, 0.3) is 0 Å². The molecule has 0 radical (unpaired) electrons. The number of benzene rings is 1. The lowest BCUT2D eigenvalue weighted by atomic mass is 10.2. The summed E-state index contributed by atoms with van der Waals surface area (Å²) in [5.74, 6) is 0. The number of hydrogen-bond acceptors (Lipinski definition) is 2. The number of hydrogen-bond donors (Lipinski definition) is 0. The average molecular weight is 297 g/mol. The Balaban J connectivity index is 1.39. The van der Waals surface area contributed by atoms with Gasteiger partial charge in [0, 0.05) is 43.9 Å². The molecule has 2 aliphatic rings. The van der Waals surface area contributed by atoms with Crippen molar-refractivity contribution >= 4 is 10.9 Å². The van der Waals surface area contributed by atoms with E-state index in [0.717, 1.165) is 13.1 Å². The van der Waals surface area contributed by atoms with Crippen molar-refractivity contribution in [2.24, 2.45) is 0 Å². The van der Waals surface area contributed by atoms with Crippen molar-refractivity contribution < 1.29 is 0 Å². The fraction of sp³-hybridized carbons (Fsp3) is 0.579. The standard InChI is InChI=1S/C19H27N3/c1-2-6-10-20(9-5-1)11-12-21-13-14-22-18(16-21)15-17-7-3-4-8-19(17)22/h3-4,7-8,15H,1-2,5-6,9-14,16H2. The molecule has 1 aromatic heterocycles. The van der Waals surface area contributed by atoms with Crippen LogP contribution in [0.3, 0.4) is 0 Å². The zero-order chi connectivity index (χ0) is 14.8. The van der Waals surface area contributed by atoms with Crippen LogP contribution in [0.25, 0.3) is 10.9 Å². The molecule has 1 fully saturated rings. The molecular formula is C19H27N3. The summed E-state index contributed by atoms with van der Waals surface area (Å²) in [5, 5.41) is 1.40. The van der Waals surface area contributed by atoms with Gasteiger partial charge in [0.15, 0.2) is 0 Å². The van der Waals surface area contributed by atoms with Crippen molar-refractivity contribution in [2.75, 3.05) is 32.7 Å². The second kappa shape index (κ2) is 6.43. The Labute approximate surface area is 133 Å². The summed E-state index contributed by atoms with van der Waals surface area (Å²) in [6.07, 6.45) is 5.66. The van der Waals surface area contributed by atoms with Crippen LogP contribution in [0.4, 0.5) is 0 Å². The zero-order valence-electron chi connectivity index (χ0n) is 13.5. The van der Waals surface area contributed by atoms with Crippen molar-refractivity contribution in [3.05, 3.63) is 36.0 Å². The molecule has 0 atom stereocenters. The van der Waals surface area contributed by atoms with Gasteiger partial charge < -0.3 is 9.47 Å². The van der Waals surface area contributed by atoms with Crippen molar-refractivity contribution in [3.8, 4) is 0 Å². The Morgan fingerprint density at radius 2 is 1.55 bits per heavy atom. The SMILES string of the molecule is c1ccc2c(c1)cc1n2CCN(CCN2CCCCCC2)C1. The molecule has 3 heteroatoms. The predicted molar refractivity (Wildman–Crippen MR) is 92.1 cm³/mol. The van der Waals surface area contributed by atoms with Crippen molar-refractivity contribution in [1.29, 1.82) is 0 Å². The smallest absolute Gasteiger partial charge is 0.0483 e. The van der Waals surface area contributed by atoms with Crippen LogP contribution >= 0.6 is 0 Å². The number of nitrogens with zero attached hydrogens (tertiary/aromatic N) is 3. The van der Waals surface area contributed by atoms with Crippen LogP contribution in [-0.4, -0.2) is 47.1 Å². The molecule has 2 aliphatic heterocycles. The molecule has 22 heavy (non-hydrogen) atoms. The first-order valence-corrected chi connectivity index (χ1v) is 8.92. The van der Waals surface area contributed by atoms with Crippen molar-refractivity contribution in [2.45, 2.75) is 38.8 Å². The highest BCUT2D eigenvalue weighted by molar-refractivity contribution is 5.81. The maximum atomic E-state index is 2.68. The van der Waals surface area contributed by atoms with E-state index >= 15 is 0 Å². The van der Waals surface area contributed by atoms with Crippen LogP contribution in [0.2, 0.25) is 0 Å². The Morgan fingerprint density at radius 1 is 0.773 bits per heavy atom. The molecule has 1 aromatic carbocycles. The molecule has 118 valence electrons. The molecule has 0 amide bonds. The van der Waals surface area contributed by atoms with Crippen LogP contribution in [0.15, 0.2) is 30.3 Å². The van der Waals surface area contributed by atoms with E-state index in [1.807, 2.05) is 0 Å². The fourth-order valence-corrected chi connectivity index (χ4v) is 4.05. The summed E-state index contributed by atoms with van der Waals surface area (Å²) < 4.78 is 2.51. The van der Waals surface area contributed by atoms with Gasteiger partial charge in [-0.3, -0.25) is 4.90 Å². The van der Waals surface area contributed by atoms with E-state index < -0.39 is 0 Å². The van der Waals surface area contributed by atoms with Gasteiger partial charge in [0.1, 0.15) is 0 Å². The predicted octanol–water partition coefficient (Wildman–Crippen LogP) is 3.33.